The van der Waals surface area contributed by atoms with Crippen LogP contribution in [0.3, 0.4) is 0 Å². The molecule has 1 heterocycles. The zero-order valence-corrected chi connectivity index (χ0v) is 22.8. The average Bonchev–Trinajstić information content (AvgIpc) is 3.35. The minimum absolute atomic E-state index is 0.0286. The van der Waals surface area contributed by atoms with Crippen LogP contribution in [-0.4, -0.2) is 76.6 Å². The molecule has 0 aromatic heterocycles. The van der Waals surface area contributed by atoms with Crippen molar-refractivity contribution < 1.29 is 34.4 Å². The maximum absolute atomic E-state index is 13.7. The lowest BCUT2D eigenvalue weighted by atomic mass is 9.76. The summed E-state index contributed by atoms with van der Waals surface area (Å²) in [4.78, 5) is 29.0. The van der Waals surface area contributed by atoms with Gasteiger partial charge in [0.25, 0.3) is 0 Å². The topological polar surface area (TPSA) is 129 Å². The summed E-state index contributed by atoms with van der Waals surface area (Å²) in [6.07, 6.45) is 9.28. The number of nitrogens with one attached hydrogen (secondary N) is 1. The molecule has 4 N–H and O–H groups in total. The first-order valence-corrected chi connectivity index (χ1v) is 14.1. The molecule has 4 atom stereocenters. The fourth-order valence-electron chi connectivity index (χ4n) is 6.26. The monoisotopic (exact) mass is 542 g/mol. The van der Waals surface area contributed by atoms with Crippen LogP contribution in [0.15, 0.2) is 36.4 Å². The Morgan fingerprint density at radius 2 is 1.97 bits per heavy atom. The van der Waals surface area contributed by atoms with Crippen molar-refractivity contribution in [3.63, 3.8) is 0 Å². The van der Waals surface area contributed by atoms with Crippen molar-refractivity contribution in [2.45, 2.75) is 94.6 Å². The molecular formula is C30H42N2O7. The lowest BCUT2D eigenvalue weighted by Gasteiger charge is -2.45. The molecule has 3 aliphatic rings. The first kappa shape index (κ1) is 29.1. The SMILES string of the molecule is C=CCCCCC(=O)N(C1CCCCC1)[C@@H]1C=C(C(=O)NCCO)[C@@H]2c3cc(CO)cc(OC)c3O[C@@H]2[C@H]1O. The third-order valence-corrected chi connectivity index (χ3v) is 8.12. The summed E-state index contributed by atoms with van der Waals surface area (Å²) in [6, 6.07) is 2.68. The molecule has 39 heavy (non-hydrogen) atoms. The largest absolute Gasteiger partial charge is 0.493 e. The number of carbonyl (C=O) groups is 2. The number of benzene rings is 1. The van der Waals surface area contributed by atoms with Crippen molar-refractivity contribution in [1.29, 1.82) is 0 Å². The molecule has 0 spiro atoms. The zero-order valence-electron chi connectivity index (χ0n) is 22.8. The molecule has 0 radical (unpaired) electrons. The number of hydrogen-bond acceptors (Lipinski definition) is 7. The van der Waals surface area contributed by atoms with Crippen LogP contribution in [-0.2, 0) is 16.2 Å². The molecular weight excluding hydrogens is 500 g/mol. The fraction of sp³-hybridized carbons (Fsp3) is 0.600. The standard InChI is InChI=1S/C30H42N2O7/c1-3-4-5-9-12-25(35)32(20-10-7-6-8-11-20)23-17-22(30(37)31-13-14-33)26-21-15-19(18-34)16-24(38-2)28(21)39-29(26)27(23)36/h3,15-17,20,23,26-27,29,33-34,36H,1,4-14,18H2,2H3,(H,31,37)/t23-,26+,27+,29+/m1/s1. The molecule has 1 aromatic carbocycles. The summed E-state index contributed by atoms with van der Waals surface area (Å²) >= 11 is 0. The lowest BCUT2D eigenvalue weighted by Crippen LogP contribution is -2.58. The highest BCUT2D eigenvalue weighted by atomic mass is 16.5. The van der Waals surface area contributed by atoms with Crippen molar-refractivity contribution in [2.24, 2.45) is 0 Å². The summed E-state index contributed by atoms with van der Waals surface area (Å²) in [6.45, 7) is 3.39. The van der Waals surface area contributed by atoms with Crippen molar-refractivity contribution in [3.05, 3.63) is 47.6 Å². The van der Waals surface area contributed by atoms with E-state index in [2.05, 4.69) is 11.9 Å². The van der Waals surface area contributed by atoms with Crippen molar-refractivity contribution >= 4 is 11.8 Å². The van der Waals surface area contributed by atoms with E-state index >= 15 is 0 Å². The first-order valence-electron chi connectivity index (χ1n) is 14.1. The minimum Gasteiger partial charge on any atom is -0.493 e. The first-order chi connectivity index (χ1) is 18.9. The highest BCUT2D eigenvalue weighted by molar-refractivity contribution is 5.96. The number of aliphatic hydroxyl groups is 3. The van der Waals surface area contributed by atoms with E-state index in [-0.39, 0.29) is 37.6 Å². The molecule has 0 unspecified atom stereocenters. The quantitative estimate of drug-likeness (QED) is 0.236. The lowest BCUT2D eigenvalue weighted by molar-refractivity contribution is -0.141. The third kappa shape index (κ3) is 6.15. The predicted molar refractivity (Wildman–Crippen MR) is 146 cm³/mol. The Hall–Kier alpha value is -2.88. The van der Waals surface area contributed by atoms with E-state index in [1.54, 1.807) is 18.2 Å². The minimum atomic E-state index is -1.09. The van der Waals surface area contributed by atoms with Gasteiger partial charge in [0, 0.05) is 30.1 Å². The number of hydrogen-bond donors (Lipinski definition) is 4. The zero-order chi connectivity index (χ0) is 27.9. The van der Waals surface area contributed by atoms with Gasteiger partial charge in [-0.05, 0) is 55.9 Å². The van der Waals surface area contributed by atoms with Gasteiger partial charge in [0.15, 0.2) is 11.5 Å². The van der Waals surface area contributed by atoms with E-state index in [0.29, 0.717) is 34.6 Å². The van der Waals surface area contributed by atoms with Crippen LogP contribution < -0.4 is 14.8 Å². The number of amides is 2. The summed E-state index contributed by atoms with van der Waals surface area (Å²) in [5.74, 6) is -0.211. The predicted octanol–water partition coefficient (Wildman–Crippen LogP) is 2.72. The number of ether oxygens (including phenoxy) is 2. The second-order valence-corrected chi connectivity index (χ2v) is 10.6. The second-order valence-electron chi connectivity index (χ2n) is 10.6. The van der Waals surface area contributed by atoms with Crippen LogP contribution in [0.5, 0.6) is 11.5 Å². The van der Waals surface area contributed by atoms with Gasteiger partial charge in [-0.3, -0.25) is 9.59 Å². The molecule has 1 fully saturated rings. The smallest absolute Gasteiger partial charge is 0.247 e. The van der Waals surface area contributed by atoms with Gasteiger partial charge in [0.2, 0.25) is 11.8 Å². The molecule has 0 saturated heterocycles. The molecule has 9 nitrogen and oxygen atoms in total. The van der Waals surface area contributed by atoms with Crippen molar-refractivity contribution in [1.82, 2.24) is 10.2 Å². The number of aliphatic hydroxyl groups excluding tert-OH is 3. The van der Waals surface area contributed by atoms with Crippen LogP contribution >= 0.6 is 0 Å². The Kier molecular flexibility index (Phi) is 10.0. The van der Waals surface area contributed by atoms with Crippen LogP contribution in [0.1, 0.15) is 74.8 Å². The van der Waals surface area contributed by atoms with E-state index in [1.165, 1.54) is 7.11 Å². The van der Waals surface area contributed by atoms with Crippen LogP contribution in [0.4, 0.5) is 0 Å². The molecule has 9 heteroatoms. The summed E-state index contributed by atoms with van der Waals surface area (Å²) < 4.78 is 11.8. The van der Waals surface area contributed by atoms with Crippen LogP contribution in [0.2, 0.25) is 0 Å². The van der Waals surface area contributed by atoms with Gasteiger partial charge in [0.05, 0.1) is 32.3 Å². The molecule has 4 rings (SSSR count). The van der Waals surface area contributed by atoms with Crippen molar-refractivity contribution in [3.8, 4) is 11.5 Å². The summed E-state index contributed by atoms with van der Waals surface area (Å²) in [5.41, 5.74) is 1.62. The molecule has 2 amide bonds. The molecule has 1 aliphatic heterocycles. The molecule has 2 aliphatic carbocycles. The maximum Gasteiger partial charge on any atom is 0.247 e. The Morgan fingerprint density at radius 3 is 2.64 bits per heavy atom. The Bertz CT molecular complexity index is 1070. The highest BCUT2D eigenvalue weighted by Crippen LogP contribution is 2.51. The van der Waals surface area contributed by atoms with E-state index in [9.17, 15) is 24.9 Å². The fourth-order valence-corrected chi connectivity index (χ4v) is 6.26. The van der Waals surface area contributed by atoms with Gasteiger partial charge in [-0.15, -0.1) is 6.58 Å². The van der Waals surface area contributed by atoms with E-state index in [1.807, 2.05) is 11.0 Å². The number of rotatable bonds is 12. The number of carbonyl (C=O) groups excluding carboxylic acids is 2. The summed E-state index contributed by atoms with van der Waals surface area (Å²) in [7, 11) is 1.50. The Morgan fingerprint density at radius 1 is 1.21 bits per heavy atom. The number of methoxy groups -OCH3 is 1. The Balaban J connectivity index is 1.76. The molecule has 1 aromatic rings. The Labute approximate surface area is 230 Å². The molecule has 1 saturated carbocycles. The third-order valence-electron chi connectivity index (χ3n) is 8.12. The van der Waals surface area contributed by atoms with Gasteiger partial charge >= 0.3 is 0 Å². The number of nitrogens with zero attached hydrogens (tertiary/aromatic N) is 1. The van der Waals surface area contributed by atoms with Gasteiger partial charge in [0.1, 0.15) is 12.2 Å². The summed E-state index contributed by atoms with van der Waals surface area (Å²) in [5, 5.41) is 33.7. The van der Waals surface area contributed by atoms with Crippen LogP contribution in [0.25, 0.3) is 0 Å². The number of unbranched alkanes of at least 4 members (excludes halogenated alkanes) is 2. The van der Waals surface area contributed by atoms with Gasteiger partial charge in [-0.1, -0.05) is 25.3 Å². The number of allylic oxidation sites excluding steroid dienone is 1. The van der Waals surface area contributed by atoms with Crippen LogP contribution in [0, 0.1) is 0 Å². The van der Waals surface area contributed by atoms with Gasteiger partial charge in [-0.25, -0.2) is 0 Å². The maximum atomic E-state index is 13.7. The van der Waals surface area contributed by atoms with Crippen molar-refractivity contribution in [2.75, 3.05) is 20.3 Å². The second kappa shape index (κ2) is 13.5. The van der Waals surface area contributed by atoms with E-state index in [0.717, 1.165) is 51.4 Å². The highest BCUT2D eigenvalue weighted by Gasteiger charge is 2.52. The molecule has 0 bridgehead atoms. The van der Waals surface area contributed by atoms with Gasteiger partial charge in [-0.2, -0.15) is 0 Å². The number of fused-ring (bicyclic) bond motifs is 3. The molecule has 214 valence electrons. The van der Waals surface area contributed by atoms with E-state index < -0.39 is 24.2 Å². The normalized spacial score (nSPS) is 24.2. The average molecular weight is 543 g/mol. The van der Waals surface area contributed by atoms with E-state index in [4.69, 9.17) is 9.47 Å². The van der Waals surface area contributed by atoms with Gasteiger partial charge < -0.3 is 35.0 Å².